The van der Waals surface area contributed by atoms with E-state index >= 15 is 0 Å². The maximum absolute atomic E-state index is 12.5. The molecule has 1 amide bonds. The Labute approximate surface area is 251 Å². The number of carbonyl (C=O) groups excluding carboxylic acids is 1. The second-order valence-electron chi connectivity index (χ2n) is 10.2. The minimum atomic E-state index is -0.965. The van der Waals surface area contributed by atoms with Crippen LogP contribution in [0.2, 0.25) is 5.02 Å². The van der Waals surface area contributed by atoms with Crippen molar-refractivity contribution in [1.29, 1.82) is 5.26 Å². The van der Waals surface area contributed by atoms with Gasteiger partial charge < -0.3 is 15.2 Å². The molecule has 0 saturated heterocycles. The van der Waals surface area contributed by atoms with E-state index in [-0.39, 0.29) is 24.8 Å². The van der Waals surface area contributed by atoms with Crippen molar-refractivity contribution in [2.75, 3.05) is 6.54 Å². The summed E-state index contributed by atoms with van der Waals surface area (Å²) in [5.41, 5.74) is 5.87. The van der Waals surface area contributed by atoms with Crippen molar-refractivity contribution in [2.24, 2.45) is 0 Å². The molecule has 42 heavy (non-hydrogen) atoms. The molecule has 4 rings (SSSR count). The molecule has 0 bridgehead atoms. The van der Waals surface area contributed by atoms with Crippen LogP contribution in [0.1, 0.15) is 70.8 Å². The molecule has 7 heteroatoms. The first-order chi connectivity index (χ1) is 20.3. The van der Waals surface area contributed by atoms with Crippen molar-refractivity contribution in [1.82, 2.24) is 5.32 Å². The molecule has 214 valence electrons. The Morgan fingerprint density at radius 3 is 2.24 bits per heavy atom. The number of hydrogen-bond acceptors (Lipinski definition) is 4. The molecule has 1 unspecified atom stereocenters. The maximum Gasteiger partial charge on any atom is 0.305 e. The van der Waals surface area contributed by atoms with Gasteiger partial charge in [-0.15, -0.1) is 0 Å². The Balaban J connectivity index is 1.66. The van der Waals surface area contributed by atoms with E-state index < -0.39 is 12.1 Å². The zero-order valence-electron chi connectivity index (χ0n) is 23.6. The van der Waals surface area contributed by atoms with Crippen LogP contribution in [0.4, 0.5) is 0 Å². The SMILES string of the molecule is CCC[C@H](c1ccc(C(=O)NCCC(=O)O)cc1)C(Oc1ccc(-c2ccc(C)cc2)c(C#N)c1)c1ccc(Cl)cc1. The van der Waals surface area contributed by atoms with Gasteiger partial charge >= 0.3 is 5.97 Å². The molecule has 4 aromatic carbocycles. The summed E-state index contributed by atoms with van der Waals surface area (Å²) in [4.78, 5) is 23.3. The summed E-state index contributed by atoms with van der Waals surface area (Å²) in [5, 5.41) is 22.1. The largest absolute Gasteiger partial charge is 0.485 e. The topological polar surface area (TPSA) is 99.4 Å². The highest BCUT2D eigenvalue weighted by molar-refractivity contribution is 6.30. The molecule has 0 radical (unpaired) electrons. The van der Waals surface area contributed by atoms with Gasteiger partial charge in [0.25, 0.3) is 5.91 Å². The van der Waals surface area contributed by atoms with Crippen molar-refractivity contribution >= 4 is 23.5 Å². The van der Waals surface area contributed by atoms with Crippen LogP contribution in [0, 0.1) is 18.3 Å². The summed E-state index contributed by atoms with van der Waals surface area (Å²) in [6.07, 6.45) is 1.17. The first kappa shape index (κ1) is 30.4. The van der Waals surface area contributed by atoms with Crippen molar-refractivity contribution in [3.05, 3.63) is 124 Å². The van der Waals surface area contributed by atoms with Crippen molar-refractivity contribution in [3.63, 3.8) is 0 Å². The number of hydrogen-bond donors (Lipinski definition) is 2. The first-order valence-corrected chi connectivity index (χ1v) is 14.3. The van der Waals surface area contributed by atoms with Crippen molar-refractivity contribution < 1.29 is 19.4 Å². The number of rotatable bonds is 12. The van der Waals surface area contributed by atoms with E-state index in [1.807, 2.05) is 79.7 Å². The fourth-order valence-electron chi connectivity index (χ4n) is 4.93. The minimum absolute atomic E-state index is 0.0637. The van der Waals surface area contributed by atoms with Gasteiger partial charge in [-0.05, 0) is 78.1 Å². The molecular weight excluding hydrogens is 548 g/mol. The summed E-state index contributed by atoms with van der Waals surface area (Å²) in [7, 11) is 0. The van der Waals surface area contributed by atoms with E-state index in [1.165, 1.54) is 0 Å². The third-order valence-corrected chi connectivity index (χ3v) is 7.38. The minimum Gasteiger partial charge on any atom is -0.485 e. The number of nitriles is 1. The van der Waals surface area contributed by atoms with Crippen LogP contribution in [-0.2, 0) is 4.79 Å². The van der Waals surface area contributed by atoms with Gasteiger partial charge in [-0.1, -0.05) is 79.0 Å². The molecule has 0 aliphatic rings. The molecule has 0 heterocycles. The molecule has 0 aliphatic carbocycles. The van der Waals surface area contributed by atoms with Gasteiger partial charge in [-0.25, -0.2) is 0 Å². The summed E-state index contributed by atoms with van der Waals surface area (Å²) in [5.74, 6) is -0.772. The molecule has 0 fully saturated rings. The number of halogens is 1. The smallest absolute Gasteiger partial charge is 0.305 e. The normalized spacial score (nSPS) is 12.1. The lowest BCUT2D eigenvalue weighted by Gasteiger charge is -2.29. The number of aliphatic carboxylic acids is 1. The summed E-state index contributed by atoms with van der Waals surface area (Å²) in [6.45, 7) is 4.20. The highest BCUT2D eigenvalue weighted by atomic mass is 35.5. The van der Waals surface area contributed by atoms with Crippen molar-refractivity contribution in [3.8, 4) is 22.9 Å². The third-order valence-electron chi connectivity index (χ3n) is 7.13. The van der Waals surface area contributed by atoms with Crippen LogP contribution in [0.5, 0.6) is 5.75 Å². The number of nitrogens with one attached hydrogen (secondary N) is 1. The monoisotopic (exact) mass is 580 g/mol. The average Bonchev–Trinajstić information content (AvgIpc) is 2.99. The van der Waals surface area contributed by atoms with E-state index in [1.54, 1.807) is 18.2 Å². The molecule has 0 spiro atoms. The molecule has 0 aromatic heterocycles. The van der Waals surface area contributed by atoms with Crippen LogP contribution in [0.25, 0.3) is 11.1 Å². The predicted octanol–water partition coefficient (Wildman–Crippen LogP) is 8.10. The number of carboxylic acids is 1. The van der Waals surface area contributed by atoms with E-state index in [9.17, 15) is 14.9 Å². The van der Waals surface area contributed by atoms with Gasteiger partial charge in [-0.3, -0.25) is 9.59 Å². The number of carboxylic acid groups (broad SMARTS) is 1. The summed E-state index contributed by atoms with van der Waals surface area (Å²) >= 11 is 6.21. The van der Waals surface area contributed by atoms with Gasteiger partial charge in [0.15, 0.2) is 0 Å². The summed E-state index contributed by atoms with van der Waals surface area (Å²) < 4.78 is 6.69. The van der Waals surface area contributed by atoms with Gasteiger partial charge in [0, 0.05) is 23.0 Å². The zero-order chi connectivity index (χ0) is 30.1. The van der Waals surface area contributed by atoms with E-state index in [2.05, 4.69) is 18.3 Å². The Hall–Kier alpha value is -4.60. The lowest BCUT2D eigenvalue weighted by molar-refractivity contribution is -0.136. The predicted molar refractivity (Wildman–Crippen MR) is 165 cm³/mol. The molecule has 0 aliphatic heterocycles. The van der Waals surface area contributed by atoms with Crippen molar-refractivity contribution in [2.45, 2.75) is 45.1 Å². The second kappa shape index (κ2) is 14.3. The van der Waals surface area contributed by atoms with Crippen LogP contribution >= 0.6 is 11.6 Å². The number of aryl methyl sites for hydroxylation is 1. The zero-order valence-corrected chi connectivity index (χ0v) is 24.4. The van der Waals surface area contributed by atoms with Gasteiger partial charge in [0.2, 0.25) is 0 Å². The molecule has 2 atom stereocenters. The maximum atomic E-state index is 12.5. The average molecular weight is 581 g/mol. The number of amides is 1. The fourth-order valence-corrected chi connectivity index (χ4v) is 5.05. The lowest BCUT2D eigenvalue weighted by Crippen LogP contribution is -2.26. The first-order valence-electron chi connectivity index (χ1n) is 13.9. The number of ether oxygens (including phenoxy) is 1. The lowest BCUT2D eigenvalue weighted by atomic mass is 9.85. The Bertz CT molecular complexity index is 1560. The molecule has 0 saturated carbocycles. The van der Waals surface area contributed by atoms with Crippen LogP contribution in [-0.4, -0.2) is 23.5 Å². The summed E-state index contributed by atoms with van der Waals surface area (Å²) in [6, 6.07) is 30.9. The molecule has 2 N–H and O–H groups in total. The fraction of sp³-hybridized carbons (Fsp3) is 0.229. The van der Waals surface area contributed by atoms with Gasteiger partial charge in [0.1, 0.15) is 11.9 Å². The van der Waals surface area contributed by atoms with Gasteiger partial charge in [-0.2, -0.15) is 5.26 Å². The quantitative estimate of drug-likeness (QED) is 0.176. The van der Waals surface area contributed by atoms with E-state index in [0.29, 0.717) is 21.9 Å². The molecule has 6 nitrogen and oxygen atoms in total. The van der Waals surface area contributed by atoms with E-state index in [0.717, 1.165) is 40.7 Å². The second-order valence-corrected chi connectivity index (χ2v) is 10.6. The molecular formula is C35H33ClN2O4. The highest BCUT2D eigenvalue weighted by Gasteiger charge is 2.27. The highest BCUT2D eigenvalue weighted by Crippen LogP contribution is 2.40. The van der Waals surface area contributed by atoms with Crippen LogP contribution in [0.15, 0.2) is 91.0 Å². The Morgan fingerprint density at radius 2 is 1.62 bits per heavy atom. The van der Waals surface area contributed by atoms with Crippen LogP contribution in [0.3, 0.4) is 0 Å². The number of nitrogens with zero attached hydrogens (tertiary/aromatic N) is 1. The third kappa shape index (κ3) is 7.78. The Morgan fingerprint density at radius 1 is 0.952 bits per heavy atom. The number of carbonyl (C=O) groups is 2. The van der Waals surface area contributed by atoms with Gasteiger partial charge in [0.05, 0.1) is 18.1 Å². The number of benzene rings is 4. The standard InChI is InChI=1S/C35H33ClN2O4/c1-3-4-32(25-9-11-27(12-10-25)35(41)38-20-19-33(39)40)34(26-13-15-29(36)16-14-26)42-30-17-18-31(28(21-30)22-37)24-7-5-23(2)6-8-24/h5-18,21,32,34H,3-4,19-20H2,1-2H3,(H,38,41)(H,39,40)/t32-,34?/m1/s1. The van der Waals surface area contributed by atoms with Crippen LogP contribution < -0.4 is 10.1 Å². The Kier molecular flexibility index (Phi) is 10.4. The van der Waals surface area contributed by atoms with E-state index in [4.69, 9.17) is 21.4 Å². The molecule has 4 aromatic rings.